The van der Waals surface area contributed by atoms with Crippen LogP contribution < -0.4 is 0 Å². The Labute approximate surface area is 121 Å². The van der Waals surface area contributed by atoms with Gasteiger partial charge in [-0.25, -0.2) is 0 Å². The lowest BCUT2D eigenvalue weighted by atomic mass is 10.1. The molecular weight excluding hydrogens is 246 g/mol. The number of aryl methyl sites for hydroxylation is 1. The zero-order valence-corrected chi connectivity index (χ0v) is 12.1. The van der Waals surface area contributed by atoms with Crippen molar-refractivity contribution in [3.63, 3.8) is 0 Å². The molecular formula is C18H23NO. The summed E-state index contributed by atoms with van der Waals surface area (Å²) in [5, 5.41) is 9.23. The summed E-state index contributed by atoms with van der Waals surface area (Å²) in [6, 6.07) is 18.1. The lowest BCUT2D eigenvalue weighted by molar-refractivity contribution is 0.319. The van der Waals surface area contributed by atoms with E-state index in [-0.39, 0.29) is 0 Å². The summed E-state index contributed by atoms with van der Waals surface area (Å²) in [6.45, 7) is 2.13. The number of hydrogen-bond acceptors (Lipinski definition) is 2. The molecule has 0 atom stereocenters. The minimum absolute atomic E-state index is 0.344. The fourth-order valence-electron chi connectivity index (χ4n) is 2.35. The summed E-state index contributed by atoms with van der Waals surface area (Å²) >= 11 is 0. The molecule has 0 heterocycles. The highest BCUT2D eigenvalue weighted by atomic mass is 16.3. The number of phenols is 1. The van der Waals surface area contributed by atoms with E-state index >= 15 is 0 Å². The number of hydrogen-bond donors (Lipinski definition) is 1. The molecule has 2 heteroatoms. The van der Waals surface area contributed by atoms with Gasteiger partial charge in [0.25, 0.3) is 0 Å². The first kappa shape index (κ1) is 14.6. The van der Waals surface area contributed by atoms with Crippen molar-refractivity contribution in [3.8, 4) is 5.75 Å². The van der Waals surface area contributed by atoms with Gasteiger partial charge >= 0.3 is 0 Å². The average molecular weight is 269 g/mol. The molecule has 2 rings (SSSR count). The number of unbranched alkanes of at least 4 members (excludes halogenated alkanes) is 1. The van der Waals surface area contributed by atoms with Crippen LogP contribution >= 0.6 is 0 Å². The summed E-state index contributed by atoms with van der Waals surface area (Å²) in [5.74, 6) is 0.344. The monoisotopic (exact) mass is 269 g/mol. The van der Waals surface area contributed by atoms with Crippen LogP contribution in [0.25, 0.3) is 0 Å². The molecule has 0 amide bonds. The van der Waals surface area contributed by atoms with Crippen molar-refractivity contribution < 1.29 is 5.11 Å². The summed E-state index contributed by atoms with van der Waals surface area (Å²) in [5.41, 5.74) is 2.67. The largest absolute Gasteiger partial charge is 0.508 e. The molecule has 0 aliphatic rings. The minimum Gasteiger partial charge on any atom is -0.508 e. The summed E-state index contributed by atoms with van der Waals surface area (Å²) in [6.07, 6.45) is 3.47. The van der Waals surface area contributed by atoms with Crippen LogP contribution in [0.3, 0.4) is 0 Å². The highest BCUT2D eigenvalue weighted by Crippen LogP contribution is 2.12. The van der Waals surface area contributed by atoms with E-state index in [1.807, 2.05) is 12.1 Å². The molecule has 0 saturated carbocycles. The Morgan fingerprint density at radius 1 is 0.850 bits per heavy atom. The fraction of sp³-hybridized carbons (Fsp3) is 0.333. The number of nitrogens with zero attached hydrogens (tertiary/aromatic N) is 1. The van der Waals surface area contributed by atoms with Crippen molar-refractivity contribution in [2.24, 2.45) is 0 Å². The summed E-state index contributed by atoms with van der Waals surface area (Å²) in [4.78, 5) is 2.37. The molecule has 0 unspecified atom stereocenters. The van der Waals surface area contributed by atoms with Crippen molar-refractivity contribution >= 4 is 0 Å². The van der Waals surface area contributed by atoms with Crippen molar-refractivity contribution in [3.05, 3.63) is 65.7 Å². The Balaban J connectivity index is 1.64. The van der Waals surface area contributed by atoms with Gasteiger partial charge in [-0.2, -0.15) is 0 Å². The Morgan fingerprint density at radius 3 is 2.25 bits per heavy atom. The molecule has 0 spiro atoms. The Hall–Kier alpha value is -1.80. The lowest BCUT2D eigenvalue weighted by Crippen LogP contribution is -2.19. The zero-order valence-electron chi connectivity index (χ0n) is 12.1. The average Bonchev–Trinajstić information content (AvgIpc) is 2.46. The highest BCUT2D eigenvalue weighted by Gasteiger charge is 2.00. The maximum absolute atomic E-state index is 9.23. The van der Waals surface area contributed by atoms with E-state index < -0.39 is 0 Å². The third-order valence-electron chi connectivity index (χ3n) is 3.49. The molecule has 2 nitrogen and oxygen atoms in total. The van der Waals surface area contributed by atoms with E-state index in [0.717, 1.165) is 19.5 Å². The van der Waals surface area contributed by atoms with Gasteiger partial charge in [0.15, 0.2) is 0 Å². The molecule has 0 aliphatic carbocycles. The molecule has 0 fully saturated rings. The molecule has 106 valence electrons. The van der Waals surface area contributed by atoms with Gasteiger partial charge in [0, 0.05) is 6.54 Å². The van der Waals surface area contributed by atoms with Gasteiger partial charge in [0.1, 0.15) is 5.75 Å². The van der Waals surface area contributed by atoms with Gasteiger partial charge in [0.2, 0.25) is 0 Å². The normalized spacial score (nSPS) is 10.9. The predicted octanol–water partition coefficient (Wildman–Crippen LogP) is 3.85. The van der Waals surface area contributed by atoms with Gasteiger partial charge in [-0.05, 0) is 56.1 Å². The van der Waals surface area contributed by atoms with Crippen molar-refractivity contribution in [2.45, 2.75) is 25.8 Å². The first-order chi connectivity index (χ1) is 9.74. The Morgan fingerprint density at radius 2 is 1.55 bits per heavy atom. The van der Waals surface area contributed by atoms with Crippen LogP contribution in [0.4, 0.5) is 0 Å². The SMILES string of the molecule is CN(CCCCc1ccc(O)cc1)Cc1ccccc1. The maximum atomic E-state index is 9.23. The highest BCUT2D eigenvalue weighted by molar-refractivity contribution is 5.25. The standard InChI is InChI=1S/C18H23NO/c1-19(15-17-8-3-2-4-9-17)14-6-5-7-16-10-12-18(20)13-11-16/h2-4,8-13,20H,5-7,14-15H2,1H3. The van der Waals surface area contributed by atoms with Crippen molar-refractivity contribution in [1.29, 1.82) is 0 Å². The van der Waals surface area contributed by atoms with Gasteiger partial charge in [-0.15, -0.1) is 0 Å². The third kappa shape index (κ3) is 5.06. The second-order valence-electron chi connectivity index (χ2n) is 5.35. The second-order valence-corrected chi connectivity index (χ2v) is 5.35. The van der Waals surface area contributed by atoms with Crippen LogP contribution in [0.2, 0.25) is 0 Å². The fourth-order valence-corrected chi connectivity index (χ4v) is 2.35. The third-order valence-corrected chi connectivity index (χ3v) is 3.49. The Bertz CT molecular complexity index is 493. The van der Waals surface area contributed by atoms with Gasteiger partial charge in [-0.1, -0.05) is 42.5 Å². The number of aromatic hydroxyl groups is 1. The van der Waals surface area contributed by atoms with Gasteiger partial charge in [0.05, 0.1) is 0 Å². The maximum Gasteiger partial charge on any atom is 0.115 e. The van der Waals surface area contributed by atoms with Crippen molar-refractivity contribution in [1.82, 2.24) is 4.90 Å². The van der Waals surface area contributed by atoms with E-state index in [1.54, 1.807) is 12.1 Å². The van der Waals surface area contributed by atoms with Crippen LogP contribution in [-0.4, -0.2) is 23.6 Å². The summed E-state index contributed by atoms with van der Waals surface area (Å²) < 4.78 is 0. The molecule has 2 aromatic rings. The second kappa shape index (κ2) is 7.71. The van der Waals surface area contributed by atoms with E-state index in [2.05, 4.69) is 42.3 Å². The molecule has 1 N–H and O–H groups in total. The molecule has 0 radical (unpaired) electrons. The van der Waals surface area contributed by atoms with Crippen molar-refractivity contribution in [2.75, 3.05) is 13.6 Å². The predicted molar refractivity (Wildman–Crippen MR) is 83.8 cm³/mol. The van der Waals surface area contributed by atoms with E-state index in [0.29, 0.717) is 5.75 Å². The minimum atomic E-state index is 0.344. The Kier molecular flexibility index (Phi) is 5.63. The lowest BCUT2D eigenvalue weighted by Gasteiger charge is -2.16. The van der Waals surface area contributed by atoms with Crippen LogP contribution in [0, 0.1) is 0 Å². The van der Waals surface area contributed by atoms with E-state index in [4.69, 9.17) is 0 Å². The van der Waals surface area contributed by atoms with Gasteiger partial charge < -0.3 is 10.0 Å². The molecule has 0 aromatic heterocycles. The first-order valence-electron chi connectivity index (χ1n) is 7.24. The molecule has 2 aromatic carbocycles. The van der Waals surface area contributed by atoms with Crippen LogP contribution in [0.5, 0.6) is 5.75 Å². The zero-order chi connectivity index (χ0) is 14.2. The topological polar surface area (TPSA) is 23.5 Å². The smallest absolute Gasteiger partial charge is 0.115 e. The van der Waals surface area contributed by atoms with Crippen LogP contribution in [-0.2, 0) is 13.0 Å². The molecule has 20 heavy (non-hydrogen) atoms. The molecule has 0 aliphatic heterocycles. The van der Waals surface area contributed by atoms with E-state index in [9.17, 15) is 5.11 Å². The van der Waals surface area contributed by atoms with E-state index in [1.165, 1.54) is 24.0 Å². The van der Waals surface area contributed by atoms with Crippen LogP contribution in [0.1, 0.15) is 24.0 Å². The number of rotatable bonds is 7. The number of phenolic OH excluding ortho intramolecular Hbond substituents is 1. The van der Waals surface area contributed by atoms with Crippen LogP contribution in [0.15, 0.2) is 54.6 Å². The summed E-state index contributed by atoms with van der Waals surface area (Å²) in [7, 11) is 2.17. The quantitative estimate of drug-likeness (QED) is 0.772. The first-order valence-corrected chi connectivity index (χ1v) is 7.24. The molecule has 0 saturated heterocycles. The number of benzene rings is 2. The molecule has 0 bridgehead atoms. The van der Waals surface area contributed by atoms with Gasteiger partial charge in [-0.3, -0.25) is 0 Å².